The summed E-state index contributed by atoms with van der Waals surface area (Å²) in [6.45, 7) is 0. The molecule has 0 fully saturated rings. The van der Waals surface area contributed by atoms with Crippen molar-refractivity contribution in [2.75, 3.05) is 0 Å². The van der Waals surface area contributed by atoms with Crippen LogP contribution in [-0.4, -0.2) is 9.97 Å². The van der Waals surface area contributed by atoms with Crippen LogP contribution in [0.5, 0.6) is 0 Å². The fraction of sp³-hybridized carbons (Fsp3) is 0. The average Bonchev–Trinajstić information content (AvgIpc) is 2.85. The molecule has 2 aromatic heterocycles. The molecule has 3 aromatic rings. The maximum Gasteiger partial charge on any atom is 0.229 e. The van der Waals surface area contributed by atoms with Gasteiger partial charge in [-0.15, -0.1) is 0 Å². The van der Waals surface area contributed by atoms with Crippen molar-refractivity contribution in [2.24, 2.45) is 0 Å². The number of hydrogen-bond acceptors (Lipinski definition) is 3. The summed E-state index contributed by atoms with van der Waals surface area (Å²) < 4.78 is 6.39. The van der Waals surface area contributed by atoms with E-state index in [4.69, 9.17) is 27.6 Å². The Morgan fingerprint density at radius 2 is 1.90 bits per heavy atom. The number of aromatic nitrogens is 2. The first kappa shape index (κ1) is 13.6. The van der Waals surface area contributed by atoms with Crippen LogP contribution < -0.4 is 0 Å². The maximum absolute atomic E-state index is 6.02. The van der Waals surface area contributed by atoms with Crippen molar-refractivity contribution < 1.29 is 4.42 Å². The summed E-state index contributed by atoms with van der Waals surface area (Å²) in [5.41, 5.74) is 1.61. The van der Waals surface area contributed by atoms with Gasteiger partial charge in [-0.2, -0.15) is 0 Å². The van der Waals surface area contributed by atoms with Crippen LogP contribution in [0.1, 0.15) is 0 Å². The molecule has 0 unspecified atom stereocenters. The van der Waals surface area contributed by atoms with Crippen LogP contribution in [0, 0.1) is 0 Å². The molecule has 100 valence electrons. The lowest BCUT2D eigenvalue weighted by molar-refractivity contribution is 0.588. The van der Waals surface area contributed by atoms with Crippen molar-refractivity contribution >= 4 is 39.1 Å². The van der Waals surface area contributed by atoms with Crippen LogP contribution in [0.4, 0.5) is 0 Å². The van der Waals surface area contributed by atoms with E-state index in [1.165, 1.54) is 0 Å². The maximum atomic E-state index is 6.02. The Labute approximate surface area is 133 Å². The SMILES string of the molecule is Clc1ccc(-c2oc(-c3cccnc3)nc2Br)cc1Cl. The molecule has 0 spiro atoms. The second kappa shape index (κ2) is 5.56. The highest BCUT2D eigenvalue weighted by Gasteiger charge is 2.15. The highest BCUT2D eigenvalue weighted by atomic mass is 79.9. The molecule has 2 heterocycles. The zero-order valence-corrected chi connectivity index (χ0v) is 13.1. The fourth-order valence-corrected chi connectivity index (χ4v) is 2.50. The van der Waals surface area contributed by atoms with E-state index in [-0.39, 0.29) is 0 Å². The molecule has 0 atom stereocenters. The Hall–Kier alpha value is -1.36. The number of nitrogens with zero attached hydrogens (tertiary/aromatic N) is 2. The zero-order chi connectivity index (χ0) is 14.1. The summed E-state index contributed by atoms with van der Waals surface area (Å²) in [6, 6.07) is 8.99. The van der Waals surface area contributed by atoms with Crippen molar-refractivity contribution in [3.8, 4) is 22.8 Å². The minimum absolute atomic E-state index is 0.468. The Bertz CT molecular complexity index is 759. The molecule has 0 radical (unpaired) electrons. The van der Waals surface area contributed by atoms with Gasteiger partial charge >= 0.3 is 0 Å². The van der Waals surface area contributed by atoms with Gasteiger partial charge in [0.25, 0.3) is 0 Å². The summed E-state index contributed by atoms with van der Waals surface area (Å²) in [5, 5.41) is 0.967. The van der Waals surface area contributed by atoms with Crippen LogP contribution in [0.3, 0.4) is 0 Å². The lowest BCUT2D eigenvalue weighted by Crippen LogP contribution is -1.77. The van der Waals surface area contributed by atoms with Crippen molar-refractivity contribution in [3.05, 3.63) is 57.4 Å². The van der Waals surface area contributed by atoms with Gasteiger partial charge in [-0.05, 0) is 46.3 Å². The van der Waals surface area contributed by atoms with Gasteiger partial charge in [0.2, 0.25) is 5.89 Å². The van der Waals surface area contributed by atoms with E-state index in [9.17, 15) is 0 Å². The molecule has 0 bridgehead atoms. The third-order valence-electron chi connectivity index (χ3n) is 2.68. The third kappa shape index (κ3) is 2.59. The molecule has 3 rings (SSSR count). The number of rotatable bonds is 2. The Morgan fingerprint density at radius 3 is 2.60 bits per heavy atom. The third-order valence-corrected chi connectivity index (χ3v) is 3.95. The number of oxazole rings is 1. The van der Waals surface area contributed by atoms with Gasteiger partial charge in [-0.25, -0.2) is 4.98 Å². The van der Waals surface area contributed by atoms with Gasteiger partial charge in [-0.1, -0.05) is 23.2 Å². The van der Waals surface area contributed by atoms with Crippen molar-refractivity contribution in [2.45, 2.75) is 0 Å². The molecular formula is C14H7BrCl2N2O. The van der Waals surface area contributed by atoms with E-state index in [1.54, 1.807) is 24.5 Å². The van der Waals surface area contributed by atoms with E-state index in [2.05, 4.69) is 25.9 Å². The van der Waals surface area contributed by atoms with Gasteiger partial charge in [0.05, 0.1) is 15.6 Å². The molecule has 0 saturated carbocycles. The summed E-state index contributed by atoms with van der Waals surface area (Å²) >= 11 is 15.3. The lowest BCUT2D eigenvalue weighted by Gasteiger charge is -2.00. The molecule has 0 amide bonds. The van der Waals surface area contributed by atoms with E-state index < -0.39 is 0 Å². The molecule has 0 aliphatic heterocycles. The predicted octanol–water partition coefficient (Wildman–Crippen LogP) is 5.47. The second-order valence-corrected chi connectivity index (χ2v) is 5.58. The minimum Gasteiger partial charge on any atom is -0.435 e. The summed E-state index contributed by atoms with van der Waals surface area (Å²) in [4.78, 5) is 8.39. The molecule has 0 N–H and O–H groups in total. The van der Waals surface area contributed by atoms with Gasteiger partial charge in [0, 0.05) is 18.0 Å². The Kier molecular flexibility index (Phi) is 3.78. The predicted molar refractivity (Wildman–Crippen MR) is 82.9 cm³/mol. The number of hydrogen-bond donors (Lipinski definition) is 0. The largest absolute Gasteiger partial charge is 0.435 e. The molecule has 0 saturated heterocycles. The topological polar surface area (TPSA) is 38.9 Å². The molecule has 0 aliphatic carbocycles. The van der Waals surface area contributed by atoms with E-state index in [0.29, 0.717) is 26.3 Å². The van der Waals surface area contributed by atoms with Gasteiger partial charge in [-0.3, -0.25) is 4.98 Å². The normalized spacial score (nSPS) is 10.8. The zero-order valence-electron chi connectivity index (χ0n) is 9.98. The standard InChI is InChI=1S/C14H7BrCl2N2O/c15-13-12(8-3-4-10(16)11(17)6-8)20-14(19-13)9-2-1-5-18-7-9/h1-7H. The van der Waals surface area contributed by atoms with E-state index in [0.717, 1.165) is 11.1 Å². The average molecular weight is 370 g/mol. The second-order valence-electron chi connectivity index (χ2n) is 4.01. The first-order valence-corrected chi connectivity index (χ1v) is 7.22. The van der Waals surface area contributed by atoms with E-state index >= 15 is 0 Å². The number of halogens is 3. The lowest BCUT2D eigenvalue weighted by atomic mass is 10.2. The van der Waals surface area contributed by atoms with Gasteiger partial charge in [0.15, 0.2) is 10.4 Å². The van der Waals surface area contributed by atoms with Crippen molar-refractivity contribution in [3.63, 3.8) is 0 Å². The molecular weight excluding hydrogens is 363 g/mol. The fourth-order valence-electron chi connectivity index (χ4n) is 1.73. The van der Waals surface area contributed by atoms with Crippen molar-refractivity contribution in [1.82, 2.24) is 9.97 Å². The monoisotopic (exact) mass is 368 g/mol. The highest BCUT2D eigenvalue weighted by molar-refractivity contribution is 9.10. The molecule has 20 heavy (non-hydrogen) atoms. The van der Waals surface area contributed by atoms with Crippen LogP contribution in [0.15, 0.2) is 51.7 Å². The van der Waals surface area contributed by atoms with Crippen LogP contribution in [0.25, 0.3) is 22.8 Å². The Balaban J connectivity index is 2.07. The smallest absolute Gasteiger partial charge is 0.229 e. The van der Waals surface area contributed by atoms with Gasteiger partial charge in [0.1, 0.15) is 0 Å². The molecule has 1 aromatic carbocycles. The van der Waals surface area contributed by atoms with Crippen LogP contribution >= 0.6 is 39.1 Å². The minimum atomic E-state index is 0.468. The number of pyridine rings is 1. The first-order chi connectivity index (χ1) is 9.65. The summed E-state index contributed by atoms with van der Waals surface area (Å²) in [5.74, 6) is 1.09. The van der Waals surface area contributed by atoms with E-state index in [1.807, 2.05) is 18.2 Å². The molecule has 0 aliphatic rings. The van der Waals surface area contributed by atoms with Gasteiger partial charge < -0.3 is 4.42 Å². The first-order valence-electron chi connectivity index (χ1n) is 5.67. The number of benzene rings is 1. The van der Waals surface area contributed by atoms with Crippen LogP contribution in [0.2, 0.25) is 10.0 Å². The Morgan fingerprint density at radius 1 is 1.05 bits per heavy atom. The van der Waals surface area contributed by atoms with Crippen LogP contribution in [-0.2, 0) is 0 Å². The molecule has 6 heteroatoms. The van der Waals surface area contributed by atoms with Crippen molar-refractivity contribution in [1.29, 1.82) is 0 Å². The highest BCUT2D eigenvalue weighted by Crippen LogP contribution is 2.35. The summed E-state index contributed by atoms with van der Waals surface area (Å²) in [7, 11) is 0. The summed E-state index contributed by atoms with van der Waals surface area (Å²) in [6.07, 6.45) is 3.39. The quantitative estimate of drug-likeness (QED) is 0.600. The molecule has 3 nitrogen and oxygen atoms in total.